The van der Waals surface area contributed by atoms with Gasteiger partial charge in [0.05, 0.1) is 0 Å². The molecule has 0 aliphatic carbocycles. The molecule has 7 nitrogen and oxygen atoms in total. The van der Waals surface area contributed by atoms with Crippen LogP contribution >= 0.6 is 0 Å². The van der Waals surface area contributed by atoms with E-state index in [4.69, 9.17) is 0 Å². The lowest BCUT2D eigenvalue weighted by Crippen LogP contribution is -2.23. The molecule has 4 rings (SSSR count). The zero-order valence-electron chi connectivity index (χ0n) is 11.9. The smallest absolute Gasteiger partial charge is 0.271 e. The fourth-order valence-corrected chi connectivity index (χ4v) is 3.09. The summed E-state index contributed by atoms with van der Waals surface area (Å²) in [6, 6.07) is 0. The number of carbonyl (C=O) groups is 1. The summed E-state index contributed by atoms with van der Waals surface area (Å²) in [6.07, 6.45) is 6.25. The Bertz CT molecular complexity index is 686. The molecular formula is C14H18N6O. The summed E-state index contributed by atoms with van der Waals surface area (Å²) in [5, 5.41) is 11.4. The lowest BCUT2D eigenvalue weighted by atomic mass is 10.2. The van der Waals surface area contributed by atoms with E-state index in [9.17, 15) is 4.79 Å². The van der Waals surface area contributed by atoms with Crippen molar-refractivity contribution in [2.24, 2.45) is 0 Å². The summed E-state index contributed by atoms with van der Waals surface area (Å²) in [4.78, 5) is 19.8. The lowest BCUT2D eigenvalue weighted by molar-refractivity contribution is 0.0951. The minimum Gasteiger partial charge on any atom is -0.351 e. The van der Waals surface area contributed by atoms with Gasteiger partial charge in [-0.15, -0.1) is 10.2 Å². The van der Waals surface area contributed by atoms with Gasteiger partial charge in [0.1, 0.15) is 11.5 Å². The summed E-state index contributed by atoms with van der Waals surface area (Å²) in [6.45, 7) is 1.63. The van der Waals surface area contributed by atoms with E-state index in [1.54, 1.807) is 0 Å². The zero-order valence-corrected chi connectivity index (χ0v) is 11.9. The molecule has 2 aliphatic heterocycles. The van der Waals surface area contributed by atoms with Gasteiger partial charge < -0.3 is 14.9 Å². The molecule has 0 saturated heterocycles. The number of hydrogen-bond donors (Lipinski definition) is 2. The number of amides is 1. The van der Waals surface area contributed by atoms with Crippen molar-refractivity contribution in [2.45, 2.75) is 45.1 Å². The van der Waals surface area contributed by atoms with Crippen LogP contribution in [0.1, 0.15) is 47.7 Å². The summed E-state index contributed by atoms with van der Waals surface area (Å²) < 4.78 is 2.14. The number of fused-ring (bicyclic) bond motifs is 2. The molecule has 0 radical (unpaired) electrons. The van der Waals surface area contributed by atoms with Gasteiger partial charge in [-0.3, -0.25) is 4.79 Å². The standard InChI is InChI=1S/C14H18N6O/c21-14-11-9(5-4-7-15-14)16-12(17-11)13-19-18-10-6-2-1-3-8-20(10)13/h1-8H2,(H,15,21)(H,16,17). The van der Waals surface area contributed by atoms with Crippen LogP contribution in [0, 0.1) is 0 Å². The average Bonchev–Trinajstić information content (AvgIpc) is 2.95. The van der Waals surface area contributed by atoms with Crippen molar-refractivity contribution in [3.8, 4) is 11.6 Å². The van der Waals surface area contributed by atoms with Crippen molar-refractivity contribution < 1.29 is 4.79 Å². The molecule has 0 fully saturated rings. The third kappa shape index (κ3) is 2.12. The third-order valence-electron chi connectivity index (χ3n) is 4.20. The summed E-state index contributed by atoms with van der Waals surface area (Å²) in [5.74, 6) is 2.35. The van der Waals surface area contributed by atoms with Crippen LogP contribution in [-0.4, -0.2) is 37.2 Å². The van der Waals surface area contributed by atoms with Crippen LogP contribution < -0.4 is 5.32 Å². The molecule has 21 heavy (non-hydrogen) atoms. The number of H-pyrrole nitrogens is 1. The highest BCUT2D eigenvalue weighted by Crippen LogP contribution is 2.23. The number of rotatable bonds is 1. The number of nitrogens with zero attached hydrogens (tertiary/aromatic N) is 4. The molecule has 0 atom stereocenters. The Kier molecular flexibility index (Phi) is 2.98. The molecule has 2 aromatic rings. The predicted molar refractivity (Wildman–Crippen MR) is 75.8 cm³/mol. The monoisotopic (exact) mass is 286 g/mol. The van der Waals surface area contributed by atoms with Crippen LogP contribution in [0.5, 0.6) is 0 Å². The fraction of sp³-hybridized carbons (Fsp3) is 0.571. The first kappa shape index (κ1) is 12.6. The Balaban J connectivity index is 1.76. The summed E-state index contributed by atoms with van der Waals surface area (Å²) in [5.41, 5.74) is 1.42. The number of imidazole rings is 1. The summed E-state index contributed by atoms with van der Waals surface area (Å²) >= 11 is 0. The Labute approximate surface area is 122 Å². The van der Waals surface area contributed by atoms with Crippen LogP contribution in [0.2, 0.25) is 0 Å². The van der Waals surface area contributed by atoms with Gasteiger partial charge in [-0.05, 0) is 25.7 Å². The van der Waals surface area contributed by atoms with Gasteiger partial charge in [0.25, 0.3) is 5.91 Å². The first-order chi connectivity index (χ1) is 10.3. The van der Waals surface area contributed by atoms with Crippen molar-refractivity contribution >= 4 is 5.91 Å². The second-order valence-corrected chi connectivity index (χ2v) is 5.67. The molecule has 7 heteroatoms. The highest BCUT2D eigenvalue weighted by Gasteiger charge is 2.24. The number of hydrogen-bond acceptors (Lipinski definition) is 4. The Morgan fingerprint density at radius 2 is 2.00 bits per heavy atom. The van der Waals surface area contributed by atoms with Crippen LogP contribution in [-0.2, 0) is 19.4 Å². The minimum atomic E-state index is -0.0967. The van der Waals surface area contributed by atoms with Crippen molar-refractivity contribution in [1.82, 2.24) is 30.0 Å². The van der Waals surface area contributed by atoms with Gasteiger partial charge in [0.15, 0.2) is 11.6 Å². The van der Waals surface area contributed by atoms with Crippen molar-refractivity contribution in [2.75, 3.05) is 6.54 Å². The van der Waals surface area contributed by atoms with E-state index in [2.05, 4.69) is 30.0 Å². The first-order valence-electron chi connectivity index (χ1n) is 7.62. The number of aromatic nitrogens is 5. The SMILES string of the molecule is O=C1NCCCc2[nH]c(-c3nnc4n3CCCCC4)nc21. The van der Waals surface area contributed by atoms with Crippen LogP contribution in [0.25, 0.3) is 11.6 Å². The fourth-order valence-electron chi connectivity index (χ4n) is 3.09. The van der Waals surface area contributed by atoms with Gasteiger partial charge in [-0.25, -0.2) is 4.98 Å². The summed E-state index contributed by atoms with van der Waals surface area (Å²) in [7, 11) is 0. The molecule has 0 aromatic carbocycles. The van der Waals surface area contributed by atoms with E-state index in [-0.39, 0.29) is 5.91 Å². The second-order valence-electron chi connectivity index (χ2n) is 5.67. The second kappa shape index (κ2) is 4.98. The van der Waals surface area contributed by atoms with Gasteiger partial charge in [0, 0.05) is 25.2 Å². The van der Waals surface area contributed by atoms with E-state index in [0.29, 0.717) is 18.1 Å². The molecule has 2 aromatic heterocycles. The maximum Gasteiger partial charge on any atom is 0.271 e. The Morgan fingerprint density at radius 1 is 1.05 bits per heavy atom. The van der Waals surface area contributed by atoms with E-state index >= 15 is 0 Å². The number of aromatic amines is 1. The maximum atomic E-state index is 12.0. The van der Waals surface area contributed by atoms with Gasteiger partial charge in [0.2, 0.25) is 0 Å². The Hall–Kier alpha value is -2.18. The van der Waals surface area contributed by atoms with E-state index < -0.39 is 0 Å². The van der Waals surface area contributed by atoms with Gasteiger partial charge >= 0.3 is 0 Å². The van der Waals surface area contributed by atoms with E-state index in [1.165, 1.54) is 6.42 Å². The van der Waals surface area contributed by atoms with Crippen molar-refractivity contribution in [3.05, 3.63) is 17.2 Å². The molecule has 0 bridgehead atoms. The quantitative estimate of drug-likeness (QED) is 0.820. The zero-order chi connectivity index (χ0) is 14.2. The van der Waals surface area contributed by atoms with Crippen molar-refractivity contribution in [1.29, 1.82) is 0 Å². The average molecular weight is 286 g/mol. The van der Waals surface area contributed by atoms with Crippen LogP contribution in [0.4, 0.5) is 0 Å². The minimum absolute atomic E-state index is 0.0967. The first-order valence-corrected chi connectivity index (χ1v) is 7.62. The highest BCUT2D eigenvalue weighted by molar-refractivity contribution is 5.94. The van der Waals surface area contributed by atoms with Crippen LogP contribution in [0.15, 0.2) is 0 Å². The number of nitrogens with one attached hydrogen (secondary N) is 2. The normalized spacial score (nSPS) is 18.4. The lowest BCUT2D eigenvalue weighted by Gasteiger charge is -2.04. The molecular weight excluding hydrogens is 268 g/mol. The molecule has 110 valence electrons. The Morgan fingerprint density at radius 3 is 2.95 bits per heavy atom. The highest BCUT2D eigenvalue weighted by atomic mass is 16.1. The molecule has 4 heterocycles. The van der Waals surface area contributed by atoms with Gasteiger partial charge in [-0.2, -0.15) is 0 Å². The topological polar surface area (TPSA) is 88.5 Å². The van der Waals surface area contributed by atoms with Crippen LogP contribution in [0.3, 0.4) is 0 Å². The maximum absolute atomic E-state index is 12.0. The third-order valence-corrected chi connectivity index (χ3v) is 4.20. The number of carbonyl (C=O) groups excluding carboxylic acids is 1. The molecule has 0 spiro atoms. The molecule has 0 saturated carbocycles. The molecule has 2 N–H and O–H groups in total. The number of aryl methyl sites for hydroxylation is 2. The largest absolute Gasteiger partial charge is 0.351 e. The molecule has 1 amide bonds. The van der Waals surface area contributed by atoms with E-state index in [0.717, 1.165) is 56.0 Å². The predicted octanol–water partition coefficient (Wildman–Crippen LogP) is 1.07. The molecule has 0 unspecified atom stereocenters. The van der Waals surface area contributed by atoms with Gasteiger partial charge in [-0.1, -0.05) is 6.42 Å². The van der Waals surface area contributed by atoms with Crippen molar-refractivity contribution in [3.63, 3.8) is 0 Å². The molecule has 2 aliphatic rings. The van der Waals surface area contributed by atoms with E-state index in [1.807, 2.05) is 0 Å².